The molecule has 1 fully saturated rings. The molecular weight excluding hydrogens is 354 g/mol. The number of nitrogens with zero attached hydrogens (tertiary/aromatic N) is 2. The minimum absolute atomic E-state index is 0.00376. The van der Waals surface area contributed by atoms with E-state index in [0.29, 0.717) is 55.5 Å². The molecule has 0 aliphatic carbocycles. The Hall–Kier alpha value is -1.95. The molecule has 0 spiro atoms. The van der Waals surface area contributed by atoms with E-state index in [4.69, 9.17) is 16.3 Å². The second-order valence-corrected chi connectivity index (χ2v) is 7.42. The maximum Gasteiger partial charge on any atom is 0.324 e. The zero-order chi connectivity index (χ0) is 18.7. The molecule has 3 amide bonds. The van der Waals surface area contributed by atoms with Crippen LogP contribution >= 0.6 is 11.6 Å². The molecule has 142 valence electrons. The lowest BCUT2D eigenvalue weighted by Gasteiger charge is -2.39. The molecule has 1 aromatic rings. The second-order valence-electron chi connectivity index (χ2n) is 6.99. The Bertz CT molecular complexity index is 674. The van der Waals surface area contributed by atoms with Crippen LogP contribution in [0.15, 0.2) is 18.2 Å². The summed E-state index contributed by atoms with van der Waals surface area (Å²) in [6.07, 6.45) is 2.25. The normalized spacial score (nSPS) is 20.3. The Morgan fingerprint density at radius 1 is 1.31 bits per heavy atom. The van der Waals surface area contributed by atoms with Crippen molar-refractivity contribution in [2.24, 2.45) is 5.92 Å². The molecule has 0 saturated carbocycles. The molecule has 7 heteroatoms. The van der Waals surface area contributed by atoms with Gasteiger partial charge in [0.15, 0.2) is 0 Å². The van der Waals surface area contributed by atoms with Crippen LogP contribution in [0.3, 0.4) is 0 Å². The molecule has 26 heavy (non-hydrogen) atoms. The van der Waals surface area contributed by atoms with Gasteiger partial charge in [0.05, 0.1) is 12.2 Å². The average Bonchev–Trinajstić information content (AvgIpc) is 2.65. The van der Waals surface area contributed by atoms with Gasteiger partial charge in [0.2, 0.25) is 5.91 Å². The van der Waals surface area contributed by atoms with E-state index in [0.717, 1.165) is 6.42 Å². The number of rotatable bonds is 3. The number of urea groups is 1. The molecule has 2 heterocycles. The van der Waals surface area contributed by atoms with E-state index in [1.54, 1.807) is 23.1 Å². The maximum atomic E-state index is 13.1. The number of carbonyl (C=O) groups is 2. The number of hydrogen-bond donors (Lipinski definition) is 1. The number of nitrogens with one attached hydrogen (secondary N) is 1. The zero-order valence-electron chi connectivity index (χ0n) is 15.3. The molecule has 1 aromatic carbocycles. The Morgan fingerprint density at radius 2 is 2.04 bits per heavy atom. The number of ether oxygens (including phenoxy) is 1. The minimum atomic E-state index is -0.0787. The number of hydrogen-bond acceptors (Lipinski definition) is 3. The molecule has 1 N–H and O–H groups in total. The van der Waals surface area contributed by atoms with Gasteiger partial charge in [-0.05, 0) is 44.4 Å². The lowest BCUT2D eigenvalue weighted by Crippen LogP contribution is -2.52. The van der Waals surface area contributed by atoms with Crippen LogP contribution in [0.1, 0.15) is 33.1 Å². The molecular formula is C19H26ClN3O3. The van der Waals surface area contributed by atoms with Gasteiger partial charge >= 0.3 is 6.03 Å². The van der Waals surface area contributed by atoms with Gasteiger partial charge in [-0.25, -0.2) is 4.79 Å². The summed E-state index contributed by atoms with van der Waals surface area (Å²) in [5.74, 6) is 0.780. The van der Waals surface area contributed by atoms with E-state index >= 15 is 0 Å². The van der Waals surface area contributed by atoms with Crippen molar-refractivity contribution in [3.05, 3.63) is 23.2 Å². The van der Waals surface area contributed by atoms with Crippen molar-refractivity contribution in [2.75, 3.05) is 31.1 Å². The van der Waals surface area contributed by atoms with E-state index in [2.05, 4.69) is 5.32 Å². The molecule has 0 aromatic heterocycles. The fourth-order valence-corrected chi connectivity index (χ4v) is 3.65. The highest BCUT2D eigenvalue weighted by atomic mass is 35.5. The number of likely N-dealkylation sites (tertiary alicyclic amines) is 1. The molecule has 0 bridgehead atoms. The number of benzene rings is 1. The van der Waals surface area contributed by atoms with Crippen molar-refractivity contribution in [1.82, 2.24) is 10.2 Å². The predicted octanol–water partition coefficient (Wildman–Crippen LogP) is 3.29. The maximum absolute atomic E-state index is 13.1. The first-order chi connectivity index (χ1) is 12.5. The molecule has 1 atom stereocenters. The van der Waals surface area contributed by atoms with E-state index < -0.39 is 0 Å². The molecule has 0 unspecified atom stereocenters. The van der Waals surface area contributed by atoms with Crippen molar-refractivity contribution < 1.29 is 14.3 Å². The van der Waals surface area contributed by atoms with Gasteiger partial charge in [-0.15, -0.1) is 0 Å². The zero-order valence-corrected chi connectivity index (χ0v) is 16.1. The van der Waals surface area contributed by atoms with Crippen LogP contribution < -0.4 is 15.0 Å². The van der Waals surface area contributed by atoms with Crippen LogP contribution in [0.4, 0.5) is 10.5 Å². The number of carbonyl (C=O) groups excluding carboxylic acids is 2. The Balaban J connectivity index is 1.66. The average molecular weight is 380 g/mol. The lowest BCUT2D eigenvalue weighted by atomic mass is 9.96. The van der Waals surface area contributed by atoms with Gasteiger partial charge in [-0.1, -0.05) is 18.5 Å². The summed E-state index contributed by atoms with van der Waals surface area (Å²) in [6, 6.07) is 5.29. The van der Waals surface area contributed by atoms with E-state index in [-0.39, 0.29) is 24.0 Å². The summed E-state index contributed by atoms with van der Waals surface area (Å²) in [4.78, 5) is 28.8. The largest absolute Gasteiger partial charge is 0.487 e. The van der Waals surface area contributed by atoms with Crippen LogP contribution in [0, 0.1) is 5.92 Å². The first kappa shape index (κ1) is 18.8. The van der Waals surface area contributed by atoms with Crippen LogP contribution in [0.25, 0.3) is 0 Å². The molecule has 2 aliphatic heterocycles. The highest BCUT2D eigenvalue weighted by Gasteiger charge is 2.33. The number of anilines is 1. The van der Waals surface area contributed by atoms with Crippen LogP contribution in [0.2, 0.25) is 5.02 Å². The smallest absolute Gasteiger partial charge is 0.324 e. The van der Waals surface area contributed by atoms with E-state index in [1.807, 2.05) is 18.7 Å². The highest BCUT2D eigenvalue weighted by Crippen LogP contribution is 2.36. The van der Waals surface area contributed by atoms with Gasteiger partial charge in [0.25, 0.3) is 0 Å². The second kappa shape index (κ2) is 8.16. The van der Waals surface area contributed by atoms with Gasteiger partial charge in [-0.2, -0.15) is 0 Å². The molecule has 1 saturated heterocycles. The molecule has 0 radical (unpaired) electrons. The number of fused-ring (bicyclic) bond motifs is 1. The number of amides is 3. The summed E-state index contributed by atoms with van der Waals surface area (Å²) in [6.45, 7) is 6.36. The van der Waals surface area contributed by atoms with Crippen LogP contribution in [0.5, 0.6) is 5.75 Å². The van der Waals surface area contributed by atoms with Crippen molar-refractivity contribution in [1.29, 1.82) is 0 Å². The van der Waals surface area contributed by atoms with Crippen molar-refractivity contribution in [2.45, 2.75) is 39.2 Å². The number of piperidine rings is 1. The van der Waals surface area contributed by atoms with Crippen LogP contribution in [-0.4, -0.2) is 49.1 Å². The van der Waals surface area contributed by atoms with Gasteiger partial charge in [0, 0.05) is 30.6 Å². The molecule has 6 nitrogen and oxygen atoms in total. The monoisotopic (exact) mass is 379 g/mol. The van der Waals surface area contributed by atoms with Gasteiger partial charge in [0.1, 0.15) is 11.9 Å². The fraction of sp³-hybridized carbons (Fsp3) is 0.579. The topological polar surface area (TPSA) is 61.9 Å². The Kier molecular flexibility index (Phi) is 5.91. The van der Waals surface area contributed by atoms with E-state index in [1.165, 1.54) is 0 Å². The van der Waals surface area contributed by atoms with Crippen molar-refractivity contribution >= 4 is 29.2 Å². The fourth-order valence-electron chi connectivity index (χ4n) is 3.49. The highest BCUT2D eigenvalue weighted by molar-refractivity contribution is 6.31. The summed E-state index contributed by atoms with van der Waals surface area (Å²) in [7, 11) is 0. The SMILES string of the molecule is CCCNC(=O)C1CCN(C(=O)N2C[C@@H](C)Oc3ccc(Cl)cc32)CC1. The Labute approximate surface area is 159 Å². The standard InChI is InChI=1S/C19H26ClN3O3/c1-3-8-21-18(24)14-6-9-22(10-7-14)19(25)23-12-13(2)26-17-5-4-15(20)11-16(17)23/h4-5,11,13-14H,3,6-10,12H2,1-2H3,(H,21,24)/t13-/m1/s1. The van der Waals surface area contributed by atoms with Crippen molar-refractivity contribution in [3.8, 4) is 5.75 Å². The van der Waals surface area contributed by atoms with E-state index in [9.17, 15) is 9.59 Å². The Morgan fingerprint density at radius 3 is 2.73 bits per heavy atom. The predicted molar refractivity (Wildman–Crippen MR) is 102 cm³/mol. The third-order valence-electron chi connectivity index (χ3n) is 4.90. The third-order valence-corrected chi connectivity index (χ3v) is 5.13. The minimum Gasteiger partial charge on any atom is -0.487 e. The summed E-state index contributed by atoms with van der Waals surface area (Å²) in [5.41, 5.74) is 0.711. The third kappa shape index (κ3) is 4.06. The molecule has 3 rings (SSSR count). The first-order valence-corrected chi connectivity index (χ1v) is 9.67. The number of halogens is 1. The first-order valence-electron chi connectivity index (χ1n) is 9.30. The van der Waals surface area contributed by atoms with Gasteiger partial charge in [-0.3, -0.25) is 9.69 Å². The quantitative estimate of drug-likeness (QED) is 0.876. The van der Waals surface area contributed by atoms with Crippen LogP contribution in [-0.2, 0) is 4.79 Å². The lowest BCUT2D eigenvalue weighted by molar-refractivity contribution is -0.126. The summed E-state index contributed by atoms with van der Waals surface area (Å²) < 4.78 is 5.82. The van der Waals surface area contributed by atoms with Gasteiger partial charge < -0.3 is 15.0 Å². The molecule has 2 aliphatic rings. The summed E-state index contributed by atoms with van der Waals surface area (Å²) >= 11 is 6.11. The van der Waals surface area contributed by atoms with Crippen molar-refractivity contribution in [3.63, 3.8) is 0 Å². The summed E-state index contributed by atoms with van der Waals surface area (Å²) in [5, 5.41) is 3.53.